The molecule has 1 aromatic rings. The van der Waals surface area contributed by atoms with Gasteiger partial charge in [-0.1, -0.05) is 44.2 Å². The van der Waals surface area contributed by atoms with Crippen LogP contribution in [0, 0.1) is 0 Å². The number of halogens is 1. The molecule has 0 saturated heterocycles. The van der Waals surface area contributed by atoms with Crippen molar-refractivity contribution in [3.8, 4) is 0 Å². The largest absolute Gasteiger partial charge is 0.464 e. The van der Waals surface area contributed by atoms with Gasteiger partial charge in [-0.05, 0) is 30.7 Å². The summed E-state index contributed by atoms with van der Waals surface area (Å²) >= 11 is 5.78. The highest BCUT2D eigenvalue weighted by molar-refractivity contribution is 6.30. The molecule has 0 unspecified atom stereocenters. The molecule has 0 heterocycles. The molecule has 0 aliphatic carbocycles. The third-order valence-electron chi connectivity index (χ3n) is 2.79. The van der Waals surface area contributed by atoms with Gasteiger partial charge in [-0.3, -0.25) is 4.79 Å². The molecule has 0 bridgehead atoms. The maximum Gasteiger partial charge on any atom is 0.325 e. The summed E-state index contributed by atoms with van der Waals surface area (Å²) in [5.74, 6) is -0.217. The van der Waals surface area contributed by atoms with Crippen LogP contribution in [-0.2, 0) is 9.53 Å². The van der Waals surface area contributed by atoms with E-state index in [1.165, 1.54) is 19.3 Å². The van der Waals surface area contributed by atoms with Crippen LogP contribution in [0.25, 0.3) is 0 Å². The first kappa shape index (κ1) is 15.8. The molecule has 0 atom stereocenters. The lowest BCUT2D eigenvalue weighted by Gasteiger charge is -2.07. The third kappa shape index (κ3) is 7.73. The van der Waals surface area contributed by atoms with Gasteiger partial charge in [0.25, 0.3) is 0 Å². The average Bonchev–Trinajstić information content (AvgIpc) is 2.42. The van der Waals surface area contributed by atoms with Gasteiger partial charge in [0.15, 0.2) is 0 Å². The molecule has 0 fully saturated rings. The molecule has 0 saturated carbocycles. The van der Waals surface area contributed by atoms with Gasteiger partial charge in [-0.25, -0.2) is 0 Å². The Morgan fingerprint density at radius 3 is 2.53 bits per heavy atom. The second kappa shape index (κ2) is 9.68. The fourth-order valence-corrected chi connectivity index (χ4v) is 1.81. The van der Waals surface area contributed by atoms with Crippen LogP contribution in [0.1, 0.15) is 39.0 Å². The lowest BCUT2D eigenvalue weighted by atomic mass is 10.2. The zero-order chi connectivity index (χ0) is 13.9. The standard InChI is InChI=1S/C15H22ClNO2/c1-2-3-4-5-6-11-19-15(18)12-17-14-9-7-13(16)8-10-14/h7-10,17H,2-6,11-12H2,1H3. The van der Waals surface area contributed by atoms with Gasteiger partial charge in [-0.2, -0.15) is 0 Å². The number of nitrogens with one attached hydrogen (secondary N) is 1. The van der Waals surface area contributed by atoms with Crippen LogP contribution in [-0.4, -0.2) is 19.1 Å². The van der Waals surface area contributed by atoms with Crippen LogP contribution in [0.15, 0.2) is 24.3 Å². The summed E-state index contributed by atoms with van der Waals surface area (Å²) in [4.78, 5) is 11.5. The Hall–Kier alpha value is -1.22. The van der Waals surface area contributed by atoms with Crippen molar-refractivity contribution in [2.24, 2.45) is 0 Å². The number of anilines is 1. The van der Waals surface area contributed by atoms with Crippen LogP contribution >= 0.6 is 11.6 Å². The van der Waals surface area contributed by atoms with Crippen molar-refractivity contribution in [2.45, 2.75) is 39.0 Å². The van der Waals surface area contributed by atoms with Crippen LogP contribution < -0.4 is 5.32 Å². The van der Waals surface area contributed by atoms with Crippen molar-refractivity contribution in [1.82, 2.24) is 0 Å². The topological polar surface area (TPSA) is 38.3 Å². The van der Waals surface area contributed by atoms with Gasteiger partial charge in [0.05, 0.1) is 6.61 Å². The molecule has 0 amide bonds. The fraction of sp³-hybridized carbons (Fsp3) is 0.533. The number of ether oxygens (including phenoxy) is 1. The summed E-state index contributed by atoms with van der Waals surface area (Å²) in [6, 6.07) is 7.23. The predicted octanol–water partition coefficient (Wildman–Crippen LogP) is 4.27. The van der Waals surface area contributed by atoms with Crippen LogP contribution in [0.4, 0.5) is 5.69 Å². The van der Waals surface area contributed by atoms with Crippen LogP contribution in [0.3, 0.4) is 0 Å². The van der Waals surface area contributed by atoms with Gasteiger partial charge >= 0.3 is 5.97 Å². The number of carbonyl (C=O) groups is 1. The van der Waals surface area contributed by atoms with E-state index in [2.05, 4.69) is 12.2 Å². The molecule has 0 aliphatic heterocycles. The van der Waals surface area contributed by atoms with E-state index in [0.29, 0.717) is 11.6 Å². The maximum atomic E-state index is 11.5. The number of hydrogen-bond acceptors (Lipinski definition) is 3. The molecule has 1 aromatic carbocycles. The van der Waals surface area contributed by atoms with Crippen molar-refractivity contribution in [1.29, 1.82) is 0 Å². The zero-order valence-electron chi connectivity index (χ0n) is 11.5. The quantitative estimate of drug-likeness (QED) is 0.543. The summed E-state index contributed by atoms with van der Waals surface area (Å²) in [7, 11) is 0. The van der Waals surface area contributed by atoms with Gasteiger partial charge < -0.3 is 10.1 Å². The predicted molar refractivity (Wildman–Crippen MR) is 79.7 cm³/mol. The SMILES string of the molecule is CCCCCCCOC(=O)CNc1ccc(Cl)cc1. The highest BCUT2D eigenvalue weighted by Gasteiger charge is 2.02. The monoisotopic (exact) mass is 283 g/mol. The van der Waals surface area contributed by atoms with E-state index < -0.39 is 0 Å². The molecule has 1 N–H and O–H groups in total. The second-order valence-corrected chi connectivity index (χ2v) is 4.93. The van der Waals surface area contributed by atoms with E-state index >= 15 is 0 Å². The van der Waals surface area contributed by atoms with E-state index in [4.69, 9.17) is 16.3 Å². The summed E-state index contributed by atoms with van der Waals surface area (Å²) in [5.41, 5.74) is 0.865. The maximum absolute atomic E-state index is 11.5. The van der Waals surface area contributed by atoms with E-state index in [-0.39, 0.29) is 12.5 Å². The first-order chi connectivity index (χ1) is 9.22. The molecule has 106 valence electrons. The van der Waals surface area contributed by atoms with Gasteiger partial charge in [0, 0.05) is 10.7 Å². The molecule has 1 rings (SSSR count). The fourth-order valence-electron chi connectivity index (χ4n) is 1.68. The lowest BCUT2D eigenvalue weighted by molar-refractivity contribution is -0.141. The number of benzene rings is 1. The van der Waals surface area contributed by atoms with Crippen molar-refractivity contribution in [3.63, 3.8) is 0 Å². The van der Waals surface area contributed by atoms with Gasteiger partial charge in [0.2, 0.25) is 0 Å². The number of carbonyl (C=O) groups excluding carboxylic acids is 1. The first-order valence-electron chi connectivity index (χ1n) is 6.87. The van der Waals surface area contributed by atoms with Crippen molar-refractivity contribution in [2.75, 3.05) is 18.5 Å². The molecule has 0 aliphatic rings. The first-order valence-corrected chi connectivity index (χ1v) is 7.25. The van der Waals surface area contributed by atoms with Crippen molar-refractivity contribution < 1.29 is 9.53 Å². The normalized spacial score (nSPS) is 10.2. The molecule has 3 nitrogen and oxygen atoms in total. The minimum absolute atomic E-state index is 0.191. The smallest absolute Gasteiger partial charge is 0.325 e. The summed E-state index contributed by atoms with van der Waals surface area (Å²) in [6.45, 7) is 2.89. The van der Waals surface area contributed by atoms with Gasteiger partial charge in [-0.15, -0.1) is 0 Å². The third-order valence-corrected chi connectivity index (χ3v) is 3.04. The molecule has 19 heavy (non-hydrogen) atoms. The molecular weight excluding hydrogens is 262 g/mol. The lowest BCUT2D eigenvalue weighted by Crippen LogP contribution is -2.17. The average molecular weight is 284 g/mol. The molecule has 0 radical (unpaired) electrons. The number of rotatable bonds is 9. The molecule has 0 aromatic heterocycles. The summed E-state index contributed by atoms with van der Waals surface area (Å²) < 4.78 is 5.14. The van der Waals surface area contributed by atoms with E-state index in [9.17, 15) is 4.79 Å². The molecular formula is C15H22ClNO2. The van der Waals surface area contributed by atoms with Crippen LogP contribution in [0.5, 0.6) is 0 Å². The Morgan fingerprint density at radius 1 is 1.16 bits per heavy atom. The Balaban J connectivity index is 2.06. The number of esters is 1. The van der Waals surface area contributed by atoms with Crippen molar-refractivity contribution >= 4 is 23.3 Å². The second-order valence-electron chi connectivity index (χ2n) is 4.50. The summed E-state index contributed by atoms with van der Waals surface area (Å²) in [6.07, 6.45) is 5.78. The number of unbranched alkanes of at least 4 members (excludes halogenated alkanes) is 4. The highest BCUT2D eigenvalue weighted by atomic mass is 35.5. The Morgan fingerprint density at radius 2 is 1.84 bits per heavy atom. The molecule has 4 heteroatoms. The highest BCUT2D eigenvalue weighted by Crippen LogP contribution is 2.12. The minimum atomic E-state index is -0.217. The van der Waals surface area contributed by atoms with E-state index in [0.717, 1.165) is 18.5 Å². The van der Waals surface area contributed by atoms with E-state index in [1.54, 1.807) is 12.1 Å². The minimum Gasteiger partial charge on any atom is -0.464 e. The van der Waals surface area contributed by atoms with Crippen LogP contribution in [0.2, 0.25) is 5.02 Å². The van der Waals surface area contributed by atoms with Crippen molar-refractivity contribution in [3.05, 3.63) is 29.3 Å². The Labute approximate surface area is 120 Å². The number of hydrogen-bond donors (Lipinski definition) is 1. The zero-order valence-corrected chi connectivity index (χ0v) is 12.2. The Bertz CT molecular complexity index is 365. The Kier molecular flexibility index (Phi) is 8.07. The van der Waals surface area contributed by atoms with Gasteiger partial charge in [0.1, 0.15) is 6.54 Å². The summed E-state index contributed by atoms with van der Waals surface area (Å²) in [5, 5.41) is 3.68. The molecule has 0 spiro atoms. The van der Waals surface area contributed by atoms with E-state index in [1.807, 2.05) is 12.1 Å².